The highest BCUT2D eigenvalue weighted by Gasteiger charge is 2.34. The second-order valence-electron chi connectivity index (χ2n) is 4.88. The molecule has 0 unspecified atom stereocenters. The molecule has 18 heavy (non-hydrogen) atoms. The van der Waals surface area contributed by atoms with Crippen molar-refractivity contribution < 1.29 is 13.2 Å². The van der Waals surface area contributed by atoms with Crippen molar-refractivity contribution in [2.75, 3.05) is 13.2 Å². The van der Waals surface area contributed by atoms with E-state index >= 15 is 0 Å². The van der Waals surface area contributed by atoms with Crippen molar-refractivity contribution in [2.24, 2.45) is 11.1 Å². The molecule has 2 rings (SSSR count). The Balaban J connectivity index is 2.18. The molecule has 1 saturated heterocycles. The first kappa shape index (κ1) is 13.5. The molecule has 0 aliphatic carbocycles. The van der Waals surface area contributed by atoms with Crippen LogP contribution in [0.3, 0.4) is 0 Å². The van der Waals surface area contributed by atoms with Crippen molar-refractivity contribution in [1.29, 1.82) is 0 Å². The van der Waals surface area contributed by atoms with Crippen LogP contribution in [0.25, 0.3) is 0 Å². The molecule has 0 aromatic heterocycles. The minimum Gasteiger partial charge on any atom is -0.381 e. The molecule has 1 fully saturated rings. The van der Waals surface area contributed by atoms with E-state index in [0.717, 1.165) is 0 Å². The highest BCUT2D eigenvalue weighted by molar-refractivity contribution is 7.89. The number of sulfonamides is 1. The third kappa shape index (κ3) is 3.10. The highest BCUT2D eigenvalue weighted by atomic mass is 32.2. The largest absolute Gasteiger partial charge is 0.381 e. The van der Waals surface area contributed by atoms with Gasteiger partial charge in [-0.2, -0.15) is 0 Å². The number of primary sulfonamides is 1. The summed E-state index contributed by atoms with van der Waals surface area (Å²) in [7, 11) is -3.49. The summed E-state index contributed by atoms with van der Waals surface area (Å²) in [6.07, 6.45) is 1.20. The maximum Gasteiger partial charge on any atom is 0.212 e. The summed E-state index contributed by atoms with van der Waals surface area (Å²) in [5.41, 5.74) is 2.35. The number of nitrogens with two attached hydrogens (primary N) is 1. The maximum atomic E-state index is 11.6. The van der Waals surface area contributed by atoms with Crippen LogP contribution in [-0.4, -0.2) is 26.9 Å². The summed E-state index contributed by atoms with van der Waals surface area (Å²) in [4.78, 5) is 0. The predicted octanol–water partition coefficient (Wildman–Crippen LogP) is 1.23. The molecule has 4 nitrogen and oxygen atoms in total. The van der Waals surface area contributed by atoms with Crippen LogP contribution in [0.15, 0.2) is 24.3 Å². The highest BCUT2D eigenvalue weighted by Crippen LogP contribution is 2.25. The quantitative estimate of drug-likeness (QED) is 0.897. The van der Waals surface area contributed by atoms with Crippen LogP contribution in [0.5, 0.6) is 0 Å². The molecule has 1 aliphatic rings. The van der Waals surface area contributed by atoms with Gasteiger partial charge in [-0.15, -0.1) is 0 Å². The van der Waals surface area contributed by atoms with Crippen molar-refractivity contribution in [3.8, 4) is 0 Å². The van der Waals surface area contributed by atoms with Crippen molar-refractivity contribution in [3.63, 3.8) is 0 Å². The second kappa shape index (κ2) is 5.38. The fourth-order valence-electron chi connectivity index (χ4n) is 2.52. The Labute approximate surface area is 108 Å². The number of ether oxygens (including phenoxy) is 1. The number of hydrogen-bond donors (Lipinski definition) is 1. The van der Waals surface area contributed by atoms with Crippen molar-refractivity contribution in [1.82, 2.24) is 0 Å². The lowest BCUT2D eigenvalue weighted by atomic mass is 9.91. The van der Waals surface area contributed by atoms with E-state index in [9.17, 15) is 8.42 Å². The van der Waals surface area contributed by atoms with E-state index in [1.165, 1.54) is 11.1 Å². The van der Waals surface area contributed by atoms with Gasteiger partial charge in [0.1, 0.15) is 0 Å². The van der Waals surface area contributed by atoms with Crippen molar-refractivity contribution in [2.45, 2.75) is 25.0 Å². The van der Waals surface area contributed by atoms with E-state index in [0.29, 0.717) is 26.1 Å². The first-order valence-electron chi connectivity index (χ1n) is 6.12. The summed E-state index contributed by atoms with van der Waals surface area (Å²) in [5.74, 6) is -0.0464. The molecule has 0 saturated carbocycles. The molecular formula is C13H19NO3S. The number of aryl methyl sites for hydroxylation is 1. The van der Waals surface area contributed by atoms with Gasteiger partial charge in [-0.1, -0.05) is 24.3 Å². The first-order chi connectivity index (χ1) is 8.48. The normalized spacial score (nSPS) is 25.0. The molecule has 1 aromatic rings. The summed E-state index contributed by atoms with van der Waals surface area (Å²) < 4.78 is 28.6. The van der Waals surface area contributed by atoms with Gasteiger partial charge < -0.3 is 4.74 Å². The summed E-state index contributed by atoms with van der Waals surface area (Å²) in [6, 6.07) is 8.01. The van der Waals surface area contributed by atoms with Crippen molar-refractivity contribution in [3.05, 3.63) is 35.4 Å². The molecule has 2 N–H and O–H groups in total. The van der Waals surface area contributed by atoms with Crippen LogP contribution in [-0.2, 0) is 21.2 Å². The van der Waals surface area contributed by atoms with Gasteiger partial charge >= 0.3 is 0 Å². The van der Waals surface area contributed by atoms with Gasteiger partial charge in [-0.25, -0.2) is 13.6 Å². The molecule has 5 heteroatoms. The smallest absolute Gasteiger partial charge is 0.212 e. The zero-order valence-corrected chi connectivity index (χ0v) is 11.3. The Morgan fingerprint density at radius 1 is 1.39 bits per heavy atom. The molecule has 2 atom stereocenters. The lowest BCUT2D eigenvalue weighted by Gasteiger charge is -2.30. The maximum absolute atomic E-state index is 11.6. The molecule has 1 aromatic carbocycles. The van der Waals surface area contributed by atoms with Crippen LogP contribution < -0.4 is 5.14 Å². The van der Waals surface area contributed by atoms with E-state index in [-0.39, 0.29) is 5.92 Å². The molecule has 100 valence electrons. The van der Waals surface area contributed by atoms with Gasteiger partial charge in [-0.05, 0) is 30.9 Å². The first-order valence-corrected chi connectivity index (χ1v) is 7.73. The van der Waals surface area contributed by atoms with Gasteiger partial charge in [0.25, 0.3) is 0 Å². The zero-order valence-electron chi connectivity index (χ0n) is 10.5. The lowest BCUT2D eigenvalue weighted by Crippen LogP contribution is -2.42. The van der Waals surface area contributed by atoms with Crippen molar-refractivity contribution >= 4 is 10.0 Å². The topological polar surface area (TPSA) is 69.4 Å². The Hall–Kier alpha value is -0.910. The average molecular weight is 269 g/mol. The van der Waals surface area contributed by atoms with Gasteiger partial charge in [0.05, 0.1) is 11.9 Å². The lowest BCUT2D eigenvalue weighted by molar-refractivity contribution is 0.0572. The Bertz CT molecular complexity index is 513. The third-order valence-corrected chi connectivity index (χ3v) is 5.03. The van der Waals surface area contributed by atoms with E-state index in [4.69, 9.17) is 9.88 Å². The molecule has 1 heterocycles. The number of rotatable bonds is 3. The molecular weight excluding hydrogens is 250 g/mol. The molecule has 0 spiro atoms. The Kier molecular flexibility index (Phi) is 4.04. The number of benzene rings is 1. The van der Waals surface area contributed by atoms with E-state index in [2.05, 4.69) is 0 Å². The molecule has 0 amide bonds. The summed E-state index contributed by atoms with van der Waals surface area (Å²) in [5, 5.41) is 4.83. The molecule has 1 aliphatic heterocycles. The van der Waals surface area contributed by atoms with Crippen LogP contribution in [0.4, 0.5) is 0 Å². The SMILES string of the molecule is Cc1ccccc1C[C@@H]1COCC[C@H]1S(N)(=O)=O. The van der Waals surface area contributed by atoms with E-state index in [1.54, 1.807) is 0 Å². The zero-order chi connectivity index (χ0) is 13.2. The number of hydrogen-bond acceptors (Lipinski definition) is 3. The predicted molar refractivity (Wildman–Crippen MR) is 70.7 cm³/mol. The molecule has 0 bridgehead atoms. The monoisotopic (exact) mass is 269 g/mol. The van der Waals surface area contributed by atoms with Crippen LogP contribution in [0.2, 0.25) is 0 Å². The van der Waals surface area contributed by atoms with Crippen LogP contribution in [0.1, 0.15) is 17.5 Å². The van der Waals surface area contributed by atoms with Gasteiger partial charge in [-0.3, -0.25) is 0 Å². The minimum absolute atomic E-state index is 0.0464. The van der Waals surface area contributed by atoms with Gasteiger partial charge in [0, 0.05) is 12.5 Å². The standard InChI is InChI=1S/C13H19NO3S/c1-10-4-2-3-5-11(10)8-12-9-17-7-6-13(12)18(14,15)16/h2-5,12-13H,6-9H2,1H3,(H2,14,15,16)/t12-,13-/m1/s1. The Morgan fingerprint density at radius 3 is 2.78 bits per heavy atom. The van der Waals surface area contributed by atoms with Crippen LogP contribution >= 0.6 is 0 Å². The van der Waals surface area contributed by atoms with E-state index < -0.39 is 15.3 Å². The summed E-state index contributed by atoms with van der Waals surface area (Å²) in [6.45, 7) is 2.98. The fourth-order valence-corrected chi connectivity index (χ4v) is 3.66. The second-order valence-corrected chi connectivity index (χ2v) is 6.67. The van der Waals surface area contributed by atoms with Gasteiger partial charge in [0.2, 0.25) is 10.0 Å². The Morgan fingerprint density at radius 2 is 2.11 bits per heavy atom. The van der Waals surface area contributed by atoms with Crippen LogP contribution in [0, 0.1) is 12.8 Å². The molecule has 0 radical (unpaired) electrons. The summed E-state index contributed by atoms with van der Waals surface area (Å²) >= 11 is 0. The van der Waals surface area contributed by atoms with E-state index in [1.807, 2.05) is 31.2 Å². The van der Waals surface area contributed by atoms with Gasteiger partial charge in [0.15, 0.2) is 0 Å². The average Bonchev–Trinajstić information content (AvgIpc) is 2.31. The minimum atomic E-state index is -3.49. The fraction of sp³-hybridized carbons (Fsp3) is 0.538. The third-order valence-electron chi connectivity index (χ3n) is 3.57.